The fourth-order valence-corrected chi connectivity index (χ4v) is 0.573. The molecule has 9 heavy (non-hydrogen) atoms. The monoisotopic (exact) mass is 118 g/mol. The van der Waals surface area contributed by atoms with E-state index in [9.17, 15) is 0 Å². The van der Waals surface area contributed by atoms with Gasteiger partial charge in [-0.3, -0.25) is 4.98 Å². The lowest BCUT2D eigenvalue weighted by Crippen LogP contribution is -1.72. The average molecular weight is 118 g/mol. The van der Waals surface area contributed by atoms with Gasteiger partial charge in [-0.05, 0) is 12.5 Å². The highest BCUT2D eigenvalue weighted by atomic mass is 14.7. The van der Waals surface area contributed by atoms with Gasteiger partial charge in [0.2, 0.25) is 5.69 Å². The molecule has 0 saturated heterocycles. The molecule has 0 fully saturated rings. The van der Waals surface area contributed by atoms with Crippen molar-refractivity contribution in [3.05, 3.63) is 35.4 Å². The molecule has 0 amide bonds. The molecule has 1 rings (SSSR count). The van der Waals surface area contributed by atoms with Crippen molar-refractivity contribution in [1.82, 2.24) is 4.98 Å². The summed E-state index contributed by atoms with van der Waals surface area (Å²) >= 11 is 0. The second-order valence-corrected chi connectivity index (χ2v) is 1.77. The number of rotatable bonds is 0. The zero-order valence-electron chi connectivity index (χ0n) is 5.13. The third kappa shape index (κ3) is 1.06. The Kier molecular flexibility index (Phi) is 1.46. The minimum atomic E-state index is 0.637. The molecule has 0 unspecified atom stereocenters. The molecule has 2 nitrogen and oxygen atoms in total. The second-order valence-electron chi connectivity index (χ2n) is 1.77. The van der Waals surface area contributed by atoms with E-state index in [0.29, 0.717) is 5.69 Å². The first kappa shape index (κ1) is 5.77. The lowest BCUT2D eigenvalue weighted by atomic mass is 10.3. The molecule has 0 aromatic carbocycles. The first-order valence-electron chi connectivity index (χ1n) is 2.62. The van der Waals surface area contributed by atoms with E-state index >= 15 is 0 Å². The van der Waals surface area contributed by atoms with Gasteiger partial charge >= 0.3 is 0 Å². The van der Waals surface area contributed by atoms with Gasteiger partial charge in [-0.15, -0.1) is 0 Å². The van der Waals surface area contributed by atoms with E-state index in [1.807, 2.05) is 13.0 Å². The van der Waals surface area contributed by atoms with Crippen molar-refractivity contribution in [3.8, 4) is 0 Å². The third-order valence-electron chi connectivity index (χ3n) is 1.13. The molecular formula is C7H6N2. The van der Waals surface area contributed by atoms with Crippen LogP contribution in [0.3, 0.4) is 0 Å². The topological polar surface area (TPSA) is 17.2 Å². The van der Waals surface area contributed by atoms with Gasteiger partial charge in [-0.1, -0.05) is 6.07 Å². The van der Waals surface area contributed by atoms with E-state index < -0.39 is 0 Å². The molecule has 2 heteroatoms. The van der Waals surface area contributed by atoms with Crippen LogP contribution in [0.5, 0.6) is 0 Å². The van der Waals surface area contributed by atoms with Gasteiger partial charge in [0, 0.05) is 12.4 Å². The summed E-state index contributed by atoms with van der Waals surface area (Å²) < 4.78 is 0. The summed E-state index contributed by atoms with van der Waals surface area (Å²) in [6.07, 6.45) is 3.26. The van der Waals surface area contributed by atoms with E-state index in [1.165, 1.54) is 0 Å². The molecule has 0 spiro atoms. The summed E-state index contributed by atoms with van der Waals surface area (Å²) in [5.74, 6) is 0. The minimum Gasteiger partial charge on any atom is -0.276 e. The first-order valence-corrected chi connectivity index (χ1v) is 2.62. The summed E-state index contributed by atoms with van der Waals surface area (Å²) in [6.45, 7) is 8.57. The number of pyridine rings is 1. The van der Waals surface area contributed by atoms with Crippen molar-refractivity contribution in [2.24, 2.45) is 0 Å². The Balaban J connectivity index is 3.20. The van der Waals surface area contributed by atoms with E-state index in [0.717, 1.165) is 5.56 Å². The second kappa shape index (κ2) is 2.27. The average Bonchev–Trinajstić information content (AvgIpc) is 1.89. The zero-order valence-corrected chi connectivity index (χ0v) is 5.13. The molecule has 0 aliphatic carbocycles. The Morgan fingerprint density at radius 3 is 2.89 bits per heavy atom. The van der Waals surface area contributed by atoms with Crippen molar-refractivity contribution in [3.63, 3.8) is 0 Å². The predicted octanol–water partition coefficient (Wildman–Crippen LogP) is 1.94. The van der Waals surface area contributed by atoms with E-state index in [-0.39, 0.29) is 0 Å². The predicted molar refractivity (Wildman–Crippen MR) is 35.2 cm³/mol. The van der Waals surface area contributed by atoms with Crippen molar-refractivity contribution in [2.75, 3.05) is 0 Å². The third-order valence-corrected chi connectivity index (χ3v) is 1.13. The molecule has 0 saturated carbocycles. The van der Waals surface area contributed by atoms with Gasteiger partial charge in [0.05, 0.1) is 6.57 Å². The van der Waals surface area contributed by atoms with Gasteiger partial charge in [-0.25, -0.2) is 4.85 Å². The van der Waals surface area contributed by atoms with Crippen molar-refractivity contribution in [2.45, 2.75) is 6.92 Å². The Morgan fingerprint density at radius 2 is 2.44 bits per heavy atom. The maximum atomic E-state index is 6.67. The van der Waals surface area contributed by atoms with Crippen LogP contribution < -0.4 is 0 Å². The Labute approximate surface area is 54.0 Å². The molecule has 44 valence electrons. The highest BCUT2D eigenvalue weighted by Crippen LogP contribution is 2.13. The number of hydrogen-bond donors (Lipinski definition) is 0. The number of nitrogens with zero attached hydrogens (tertiary/aromatic N) is 2. The van der Waals surface area contributed by atoms with Gasteiger partial charge in [-0.2, -0.15) is 0 Å². The molecular weight excluding hydrogens is 112 g/mol. The fraction of sp³-hybridized carbons (Fsp3) is 0.143. The van der Waals surface area contributed by atoms with Gasteiger partial charge in [0.15, 0.2) is 0 Å². The summed E-state index contributed by atoms with van der Waals surface area (Å²) in [7, 11) is 0. The van der Waals surface area contributed by atoms with Crippen molar-refractivity contribution < 1.29 is 0 Å². The molecule has 0 bridgehead atoms. The number of hydrogen-bond acceptors (Lipinski definition) is 1. The van der Waals surface area contributed by atoms with E-state index in [2.05, 4.69) is 9.83 Å². The van der Waals surface area contributed by atoms with Crippen LogP contribution in [-0.4, -0.2) is 4.98 Å². The maximum Gasteiger partial charge on any atom is 0.207 e. The molecule has 1 aromatic rings. The minimum absolute atomic E-state index is 0.637. The highest BCUT2D eigenvalue weighted by Gasteiger charge is 1.91. The fourth-order valence-electron chi connectivity index (χ4n) is 0.573. The van der Waals surface area contributed by atoms with Crippen LogP contribution in [0.15, 0.2) is 18.5 Å². The van der Waals surface area contributed by atoms with Crippen LogP contribution in [0, 0.1) is 13.5 Å². The van der Waals surface area contributed by atoms with Crippen LogP contribution in [0.2, 0.25) is 0 Å². The van der Waals surface area contributed by atoms with Crippen LogP contribution in [-0.2, 0) is 0 Å². The summed E-state index contributed by atoms with van der Waals surface area (Å²) in [6, 6.07) is 1.83. The molecule has 1 heterocycles. The SMILES string of the molecule is [C-]#[N+]c1cnccc1C. The standard InChI is InChI=1S/C7H6N2/c1-6-3-4-9-5-7(6)8-2/h3-5H,1H3. The molecule has 0 aliphatic heterocycles. The highest BCUT2D eigenvalue weighted by molar-refractivity contribution is 5.48. The largest absolute Gasteiger partial charge is 0.276 e. The number of aryl methyl sites for hydroxylation is 1. The van der Waals surface area contributed by atoms with Crippen LogP contribution in [0.4, 0.5) is 5.69 Å². The quantitative estimate of drug-likeness (QED) is 0.476. The van der Waals surface area contributed by atoms with Gasteiger partial charge in [0.1, 0.15) is 0 Å². The molecule has 0 aliphatic rings. The summed E-state index contributed by atoms with van der Waals surface area (Å²) in [5, 5.41) is 0. The smallest absolute Gasteiger partial charge is 0.207 e. The molecule has 0 radical (unpaired) electrons. The van der Waals surface area contributed by atoms with E-state index in [4.69, 9.17) is 6.57 Å². The Morgan fingerprint density at radius 1 is 1.67 bits per heavy atom. The maximum absolute atomic E-state index is 6.67. The van der Waals surface area contributed by atoms with Crippen LogP contribution in [0.25, 0.3) is 4.85 Å². The zero-order chi connectivity index (χ0) is 6.69. The summed E-state index contributed by atoms with van der Waals surface area (Å²) in [4.78, 5) is 7.06. The first-order chi connectivity index (χ1) is 4.34. The van der Waals surface area contributed by atoms with Crippen LogP contribution >= 0.6 is 0 Å². The Bertz CT molecular complexity index is 247. The van der Waals surface area contributed by atoms with Gasteiger partial charge < -0.3 is 0 Å². The van der Waals surface area contributed by atoms with Gasteiger partial charge in [0.25, 0.3) is 0 Å². The van der Waals surface area contributed by atoms with Crippen molar-refractivity contribution in [1.29, 1.82) is 0 Å². The number of aromatic nitrogens is 1. The van der Waals surface area contributed by atoms with E-state index in [1.54, 1.807) is 12.4 Å². The van der Waals surface area contributed by atoms with Crippen molar-refractivity contribution >= 4 is 5.69 Å². The molecule has 1 aromatic heterocycles. The normalized spacial score (nSPS) is 8.44. The lowest BCUT2D eigenvalue weighted by Gasteiger charge is -1.90. The Hall–Kier alpha value is -1.36. The summed E-state index contributed by atoms with van der Waals surface area (Å²) in [5.41, 5.74) is 1.62. The molecule has 0 atom stereocenters. The van der Waals surface area contributed by atoms with Crippen LogP contribution in [0.1, 0.15) is 5.56 Å². The lowest BCUT2D eigenvalue weighted by molar-refractivity contribution is 1.30. The molecule has 0 N–H and O–H groups in total.